The predicted octanol–water partition coefficient (Wildman–Crippen LogP) is 1.93. The Hall–Kier alpha value is -0.570. The maximum atomic E-state index is 11.3. The van der Waals surface area contributed by atoms with Crippen LogP contribution < -0.4 is 10.6 Å². The third-order valence-electron chi connectivity index (χ3n) is 3.59. The second-order valence-electron chi connectivity index (χ2n) is 5.83. The molecular weight excluding hydrogens is 200 g/mol. The van der Waals surface area contributed by atoms with Crippen molar-refractivity contribution >= 4 is 5.91 Å². The highest BCUT2D eigenvalue weighted by Gasteiger charge is 2.32. The van der Waals surface area contributed by atoms with E-state index in [1.54, 1.807) is 0 Å². The largest absolute Gasteiger partial charge is 0.355 e. The van der Waals surface area contributed by atoms with Crippen molar-refractivity contribution in [3.05, 3.63) is 0 Å². The van der Waals surface area contributed by atoms with Gasteiger partial charge in [-0.05, 0) is 37.5 Å². The molecule has 0 heterocycles. The van der Waals surface area contributed by atoms with E-state index in [2.05, 4.69) is 31.4 Å². The van der Waals surface area contributed by atoms with Gasteiger partial charge in [-0.15, -0.1) is 0 Å². The number of hydrogen-bond donors (Lipinski definition) is 2. The van der Waals surface area contributed by atoms with Crippen LogP contribution in [0.15, 0.2) is 0 Å². The van der Waals surface area contributed by atoms with E-state index < -0.39 is 0 Å². The topological polar surface area (TPSA) is 41.1 Å². The number of likely N-dealkylation sites (N-methyl/N-ethyl adjacent to an activating group) is 1. The van der Waals surface area contributed by atoms with Gasteiger partial charge in [0.25, 0.3) is 0 Å². The molecule has 0 aromatic carbocycles. The number of carbonyl (C=O) groups excluding carboxylic acids is 1. The van der Waals surface area contributed by atoms with E-state index in [1.165, 1.54) is 19.3 Å². The molecule has 0 aromatic heterocycles. The van der Waals surface area contributed by atoms with Crippen LogP contribution in [0.2, 0.25) is 0 Å². The summed E-state index contributed by atoms with van der Waals surface area (Å²) in [6, 6.07) is 0.510. The van der Waals surface area contributed by atoms with Crippen LogP contribution in [0, 0.1) is 11.3 Å². The molecule has 3 nitrogen and oxygen atoms in total. The third-order valence-corrected chi connectivity index (χ3v) is 3.59. The van der Waals surface area contributed by atoms with Crippen LogP contribution in [0.25, 0.3) is 0 Å². The first kappa shape index (κ1) is 13.5. The Morgan fingerprint density at radius 3 is 2.69 bits per heavy atom. The molecule has 0 saturated heterocycles. The Balaban J connectivity index is 2.31. The standard InChI is InChI=1S/C13H26N2O/c1-5-14-12(16)9-15-11-6-7-13(3,4)8-10(11)2/h10-11,15H,5-9H2,1-4H3,(H,14,16). The van der Waals surface area contributed by atoms with Crippen molar-refractivity contribution in [1.82, 2.24) is 10.6 Å². The Bertz CT molecular complexity index is 238. The second kappa shape index (κ2) is 5.67. The first-order valence-electron chi connectivity index (χ1n) is 6.44. The zero-order chi connectivity index (χ0) is 12.2. The van der Waals surface area contributed by atoms with E-state index in [1.807, 2.05) is 6.92 Å². The summed E-state index contributed by atoms with van der Waals surface area (Å²) in [7, 11) is 0. The first-order valence-corrected chi connectivity index (χ1v) is 6.44. The van der Waals surface area contributed by atoms with Crippen molar-refractivity contribution in [1.29, 1.82) is 0 Å². The first-order chi connectivity index (χ1) is 7.44. The van der Waals surface area contributed by atoms with Gasteiger partial charge in [-0.1, -0.05) is 20.8 Å². The van der Waals surface area contributed by atoms with Gasteiger partial charge in [-0.2, -0.15) is 0 Å². The van der Waals surface area contributed by atoms with Crippen molar-refractivity contribution in [3.63, 3.8) is 0 Å². The average Bonchev–Trinajstić information content (AvgIpc) is 2.15. The fourth-order valence-electron chi connectivity index (χ4n) is 2.73. The van der Waals surface area contributed by atoms with Gasteiger partial charge in [0.15, 0.2) is 0 Å². The lowest BCUT2D eigenvalue weighted by molar-refractivity contribution is -0.120. The fourth-order valence-corrected chi connectivity index (χ4v) is 2.73. The van der Waals surface area contributed by atoms with Crippen LogP contribution in [0.5, 0.6) is 0 Å². The summed E-state index contributed by atoms with van der Waals surface area (Å²) in [6.45, 7) is 10.1. The Morgan fingerprint density at radius 1 is 1.44 bits per heavy atom. The van der Waals surface area contributed by atoms with Gasteiger partial charge in [0.2, 0.25) is 5.91 Å². The molecule has 2 atom stereocenters. The van der Waals surface area contributed by atoms with Crippen LogP contribution >= 0.6 is 0 Å². The summed E-state index contributed by atoms with van der Waals surface area (Å²) in [4.78, 5) is 11.3. The molecule has 1 aliphatic carbocycles. The van der Waals surface area contributed by atoms with Crippen molar-refractivity contribution in [2.24, 2.45) is 11.3 Å². The minimum absolute atomic E-state index is 0.111. The number of rotatable bonds is 4. The summed E-state index contributed by atoms with van der Waals surface area (Å²) < 4.78 is 0. The van der Waals surface area contributed by atoms with Crippen LogP contribution in [0.1, 0.15) is 47.0 Å². The van der Waals surface area contributed by atoms with Crippen LogP contribution in [-0.2, 0) is 4.79 Å². The van der Waals surface area contributed by atoms with Crippen LogP contribution in [0.3, 0.4) is 0 Å². The molecule has 2 N–H and O–H groups in total. The Kier molecular flexibility index (Phi) is 4.78. The highest BCUT2D eigenvalue weighted by atomic mass is 16.1. The predicted molar refractivity (Wildman–Crippen MR) is 67.3 cm³/mol. The van der Waals surface area contributed by atoms with E-state index in [-0.39, 0.29) is 5.91 Å². The number of amides is 1. The normalized spacial score (nSPS) is 28.8. The Labute approximate surface area is 99.4 Å². The lowest BCUT2D eigenvalue weighted by Gasteiger charge is -2.39. The van der Waals surface area contributed by atoms with Gasteiger partial charge in [0.05, 0.1) is 6.54 Å². The SMILES string of the molecule is CCNC(=O)CNC1CCC(C)(C)CC1C. The van der Waals surface area contributed by atoms with E-state index in [0.717, 1.165) is 0 Å². The molecule has 16 heavy (non-hydrogen) atoms. The van der Waals surface area contributed by atoms with Crippen LogP contribution in [0.4, 0.5) is 0 Å². The molecule has 1 fully saturated rings. The zero-order valence-electron chi connectivity index (χ0n) is 11.1. The second-order valence-corrected chi connectivity index (χ2v) is 5.83. The number of nitrogens with one attached hydrogen (secondary N) is 2. The summed E-state index contributed by atoms with van der Waals surface area (Å²) in [6.07, 6.45) is 3.69. The molecule has 1 saturated carbocycles. The van der Waals surface area contributed by atoms with E-state index in [0.29, 0.717) is 30.5 Å². The molecular formula is C13H26N2O. The van der Waals surface area contributed by atoms with Gasteiger partial charge in [-0.3, -0.25) is 4.79 Å². The molecule has 0 bridgehead atoms. The molecule has 0 aliphatic heterocycles. The van der Waals surface area contributed by atoms with Gasteiger partial charge < -0.3 is 10.6 Å². The lowest BCUT2D eigenvalue weighted by atomic mass is 9.70. The third kappa shape index (κ3) is 4.12. The highest BCUT2D eigenvalue weighted by Crippen LogP contribution is 2.38. The molecule has 2 unspecified atom stereocenters. The minimum Gasteiger partial charge on any atom is -0.355 e. The molecule has 0 spiro atoms. The van der Waals surface area contributed by atoms with E-state index in [4.69, 9.17) is 0 Å². The van der Waals surface area contributed by atoms with Crippen molar-refractivity contribution < 1.29 is 4.79 Å². The van der Waals surface area contributed by atoms with E-state index >= 15 is 0 Å². The lowest BCUT2D eigenvalue weighted by Crippen LogP contribution is -2.45. The van der Waals surface area contributed by atoms with Crippen molar-refractivity contribution in [2.45, 2.75) is 53.0 Å². The van der Waals surface area contributed by atoms with Crippen molar-refractivity contribution in [3.8, 4) is 0 Å². The molecule has 3 heteroatoms. The van der Waals surface area contributed by atoms with Gasteiger partial charge in [0.1, 0.15) is 0 Å². The van der Waals surface area contributed by atoms with Crippen molar-refractivity contribution in [2.75, 3.05) is 13.1 Å². The monoisotopic (exact) mass is 226 g/mol. The molecule has 94 valence electrons. The Morgan fingerprint density at radius 2 is 2.12 bits per heavy atom. The van der Waals surface area contributed by atoms with Gasteiger partial charge in [-0.25, -0.2) is 0 Å². The average molecular weight is 226 g/mol. The van der Waals surface area contributed by atoms with Gasteiger partial charge in [0, 0.05) is 12.6 Å². The summed E-state index contributed by atoms with van der Waals surface area (Å²) in [5, 5.41) is 6.20. The highest BCUT2D eigenvalue weighted by molar-refractivity contribution is 5.77. The van der Waals surface area contributed by atoms with E-state index in [9.17, 15) is 4.79 Å². The molecule has 1 rings (SSSR count). The molecule has 1 amide bonds. The molecule has 1 aliphatic rings. The fraction of sp³-hybridized carbons (Fsp3) is 0.923. The smallest absolute Gasteiger partial charge is 0.233 e. The van der Waals surface area contributed by atoms with Crippen LogP contribution in [-0.4, -0.2) is 25.0 Å². The quantitative estimate of drug-likeness (QED) is 0.769. The number of carbonyl (C=O) groups is 1. The summed E-state index contributed by atoms with van der Waals surface area (Å²) >= 11 is 0. The maximum absolute atomic E-state index is 11.3. The molecule has 0 radical (unpaired) electrons. The zero-order valence-corrected chi connectivity index (χ0v) is 11.1. The number of hydrogen-bond acceptors (Lipinski definition) is 2. The molecule has 0 aromatic rings. The van der Waals surface area contributed by atoms with Gasteiger partial charge >= 0.3 is 0 Å². The summed E-state index contributed by atoms with van der Waals surface area (Å²) in [5.41, 5.74) is 0.475. The maximum Gasteiger partial charge on any atom is 0.233 e. The minimum atomic E-state index is 0.111. The summed E-state index contributed by atoms with van der Waals surface area (Å²) in [5.74, 6) is 0.776.